The fourth-order valence-corrected chi connectivity index (χ4v) is 0.768. The van der Waals surface area contributed by atoms with Crippen LogP contribution in [0.25, 0.3) is 0 Å². The van der Waals surface area contributed by atoms with E-state index < -0.39 is 12.6 Å². The van der Waals surface area contributed by atoms with Crippen LogP contribution in [0.2, 0.25) is 0 Å². The van der Waals surface area contributed by atoms with E-state index in [9.17, 15) is 13.2 Å². The average molecular weight is 211 g/mol. The van der Waals surface area contributed by atoms with Crippen LogP contribution in [0.5, 0.6) is 0 Å². The quantitative estimate of drug-likeness (QED) is 0.490. The van der Waals surface area contributed by atoms with E-state index in [1.54, 1.807) is 6.08 Å². The van der Waals surface area contributed by atoms with Crippen molar-refractivity contribution in [2.75, 3.05) is 26.3 Å². The first-order valence-corrected chi connectivity index (χ1v) is 4.52. The lowest BCUT2D eigenvalue weighted by Gasteiger charge is -2.07. The molecule has 0 heterocycles. The Morgan fingerprint density at radius 3 is 2.50 bits per heavy atom. The number of ether oxygens (including phenoxy) is 1. The molecule has 0 rings (SSSR count). The van der Waals surface area contributed by atoms with Crippen molar-refractivity contribution in [2.45, 2.75) is 19.0 Å². The molecule has 0 unspecified atom stereocenters. The molecule has 0 radical (unpaired) electrons. The zero-order valence-electron chi connectivity index (χ0n) is 8.07. The topological polar surface area (TPSA) is 21.3 Å². The molecule has 14 heavy (non-hydrogen) atoms. The highest BCUT2D eigenvalue weighted by Crippen LogP contribution is 2.17. The van der Waals surface area contributed by atoms with Crippen molar-refractivity contribution < 1.29 is 17.9 Å². The lowest BCUT2D eigenvalue weighted by atomic mass is 10.4. The molecule has 0 aromatic heterocycles. The second kappa shape index (κ2) is 7.82. The summed E-state index contributed by atoms with van der Waals surface area (Å²) in [5, 5.41) is 2.65. The number of alkyl halides is 3. The van der Waals surface area contributed by atoms with E-state index in [2.05, 4.69) is 11.9 Å². The SMILES string of the molecule is C=CCCOCCNCCC(F)(F)F. The molecule has 0 spiro atoms. The van der Waals surface area contributed by atoms with Crippen LogP contribution in [0.4, 0.5) is 13.2 Å². The molecule has 1 N–H and O–H groups in total. The first-order chi connectivity index (χ1) is 6.56. The summed E-state index contributed by atoms with van der Waals surface area (Å²) >= 11 is 0. The van der Waals surface area contributed by atoms with Gasteiger partial charge in [-0.2, -0.15) is 13.2 Å². The third kappa shape index (κ3) is 11.4. The van der Waals surface area contributed by atoms with E-state index in [1.165, 1.54) is 0 Å². The number of hydrogen-bond donors (Lipinski definition) is 1. The zero-order chi connectivity index (χ0) is 10.9. The summed E-state index contributed by atoms with van der Waals surface area (Å²) in [6, 6.07) is 0. The number of nitrogens with one attached hydrogen (secondary N) is 1. The maximum absolute atomic E-state index is 11.6. The molecule has 0 aliphatic carbocycles. The molecule has 0 bridgehead atoms. The van der Waals surface area contributed by atoms with E-state index in [1.807, 2.05) is 0 Å². The highest BCUT2D eigenvalue weighted by molar-refractivity contribution is 4.64. The van der Waals surface area contributed by atoms with Gasteiger partial charge in [-0.3, -0.25) is 0 Å². The van der Waals surface area contributed by atoms with Crippen molar-refractivity contribution >= 4 is 0 Å². The van der Waals surface area contributed by atoms with Gasteiger partial charge in [-0.25, -0.2) is 0 Å². The van der Waals surface area contributed by atoms with Crippen molar-refractivity contribution in [3.05, 3.63) is 12.7 Å². The summed E-state index contributed by atoms with van der Waals surface area (Å²) < 4.78 is 40.0. The Bertz CT molecular complexity index is 147. The van der Waals surface area contributed by atoms with Crippen molar-refractivity contribution in [1.29, 1.82) is 0 Å². The van der Waals surface area contributed by atoms with Crippen LogP contribution >= 0.6 is 0 Å². The number of rotatable bonds is 8. The molecule has 84 valence electrons. The van der Waals surface area contributed by atoms with Gasteiger partial charge in [0.2, 0.25) is 0 Å². The smallest absolute Gasteiger partial charge is 0.380 e. The Labute approximate surface area is 82.1 Å². The van der Waals surface area contributed by atoms with Crippen LogP contribution in [0.3, 0.4) is 0 Å². The molecule has 5 heteroatoms. The van der Waals surface area contributed by atoms with Gasteiger partial charge < -0.3 is 10.1 Å². The Balaban J connectivity index is 3.03. The van der Waals surface area contributed by atoms with Gasteiger partial charge in [0.25, 0.3) is 0 Å². The number of hydrogen-bond acceptors (Lipinski definition) is 2. The van der Waals surface area contributed by atoms with Gasteiger partial charge in [-0.1, -0.05) is 6.08 Å². The van der Waals surface area contributed by atoms with Crippen LogP contribution in [-0.2, 0) is 4.74 Å². The van der Waals surface area contributed by atoms with Crippen LogP contribution in [0.1, 0.15) is 12.8 Å². The van der Waals surface area contributed by atoms with E-state index in [4.69, 9.17) is 4.74 Å². The summed E-state index contributed by atoms with van der Waals surface area (Å²) in [5.41, 5.74) is 0. The summed E-state index contributed by atoms with van der Waals surface area (Å²) in [5.74, 6) is 0. The van der Waals surface area contributed by atoms with E-state index in [0.717, 1.165) is 6.42 Å². The minimum absolute atomic E-state index is 0.0473. The predicted molar refractivity (Wildman–Crippen MR) is 49.2 cm³/mol. The minimum atomic E-state index is -4.07. The summed E-state index contributed by atoms with van der Waals surface area (Å²) in [6.07, 6.45) is -2.37. The Hall–Kier alpha value is -0.550. The van der Waals surface area contributed by atoms with E-state index in [0.29, 0.717) is 19.8 Å². The van der Waals surface area contributed by atoms with E-state index >= 15 is 0 Å². The predicted octanol–water partition coefficient (Wildman–Crippen LogP) is 2.12. The minimum Gasteiger partial charge on any atom is -0.380 e. The summed E-state index contributed by atoms with van der Waals surface area (Å²) in [6.45, 7) is 4.93. The molecular formula is C9H16F3NO. The Kier molecular flexibility index (Phi) is 7.51. The molecule has 0 amide bonds. The maximum atomic E-state index is 11.6. The fraction of sp³-hybridized carbons (Fsp3) is 0.778. The second-order valence-electron chi connectivity index (χ2n) is 2.80. The Morgan fingerprint density at radius 1 is 1.21 bits per heavy atom. The molecule has 0 aromatic rings. The van der Waals surface area contributed by atoms with Crippen LogP contribution in [0.15, 0.2) is 12.7 Å². The standard InChI is InChI=1S/C9H16F3NO/c1-2-3-7-14-8-6-13-5-4-9(10,11)12/h2,13H,1,3-8H2. The lowest BCUT2D eigenvalue weighted by molar-refractivity contribution is -0.133. The molecule has 0 atom stereocenters. The third-order valence-corrected chi connectivity index (χ3v) is 1.47. The fourth-order valence-electron chi connectivity index (χ4n) is 0.768. The maximum Gasteiger partial charge on any atom is 0.390 e. The van der Waals surface area contributed by atoms with Crippen LogP contribution in [-0.4, -0.2) is 32.5 Å². The van der Waals surface area contributed by atoms with Crippen molar-refractivity contribution in [3.8, 4) is 0 Å². The molecular weight excluding hydrogens is 195 g/mol. The van der Waals surface area contributed by atoms with Crippen molar-refractivity contribution in [2.24, 2.45) is 0 Å². The average Bonchev–Trinajstić information content (AvgIpc) is 2.08. The molecule has 0 aromatic carbocycles. The lowest BCUT2D eigenvalue weighted by Crippen LogP contribution is -2.25. The van der Waals surface area contributed by atoms with Gasteiger partial charge in [-0.05, 0) is 6.42 Å². The molecule has 0 saturated carbocycles. The summed E-state index contributed by atoms with van der Waals surface area (Å²) in [7, 11) is 0. The highest BCUT2D eigenvalue weighted by atomic mass is 19.4. The van der Waals surface area contributed by atoms with Crippen LogP contribution < -0.4 is 5.32 Å². The highest BCUT2D eigenvalue weighted by Gasteiger charge is 2.25. The largest absolute Gasteiger partial charge is 0.390 e. The van der Waals surface area contributed by atoms with Gasteiger partial charge in [0.1, 0.15) is 0 Å². The normalized spacial score (nSPS) is 11.6. The summed E-state index contributed by atoms with van der Waals surface area (Å²) in [4.78, 5) is 0. The van der Waals surface area contributed by atoms with Gasteiger partial charge in [0, 0.05) is 13.1 Å². The van der Waals surface area contributed by atoms with Gasteiger partial charge in [0.05, 0.1) is 19.6 Å². The molecule has 0 aliphatic rings. The zero-order valence-corrected chi connectivity index (χ0v) is 8.07. The molecule has 0 saturated heterocycles. The molecule has 0 fully saturated rings. The first-order valence-electron chi connectivity index (χ1n) is 4.52. The van der Waals surface area contributed by atoms with Gasteiger partial charge >= 0.3 is 6.18 Å². The molecule has 2 nitrogen and oxygen atoms in total. The third-order valence-electron chi connectivity index (χ3n) is 1.47. The Morgan fingerprint density at radius 2 is 1.93 bits per heavy atom. The molecule has 0 aliphatic heterocycles. The monoisotopic (exact) mass is 211 g/mol. The first kappa shape index (κ1) is 13.4. The van der Waals surface area contributed by atoms with Crippen molar-refractivity contribution in [1.82, 2.24) is 5.32 Å². The number of halogens is 3. The second-order valence-corrected chi connectivity index (χ2v) is 2.80. The van der Waals surface area contributed by atoms with Crippen molar-refractivity contribution in [3.63, 3.8) is 0 Å². The van der Waals surface area contributed by atoms with Gasteiger partial charge in [0.15, 0.2) is 0 Å². The van der Waals surface area contributed by atoms with E-state index in [-0.39, 0.29) is 6.54 Å². The van der Waals surface area contributed by atoms with Gasteiger partial charge in [-0.15, -0.1) is 6.58 Å². The van der Waals surface area contributed by atoms with Crippen LogP contribution in [0, 0.1) is 0 Å².